The zero-order chi connectivity index (χ0) is 25.0. The molecule has 1 aliphatic heterocycles. The smallest absolute Gasteiger partial charge is 0.410 e. The number of nitrogens with two attached hydrogens (primary N) is 1. The van der Waals surface area contributed by atoms with Crippen molar-refractivity contribution in [2.75, 3.05) is 39.3 Å². The fraction of sp³-hybridized carbons (Fsp3) is 0.926. The molecule has 8 nitrogen and oxygen atoms in total. The predicted octanol–water partition coefficient (Wildman–Crippen LogP) is 2.93. The van der Waals surface area contributed by atoms with Gasteiger partial charge in [-0.1, -0.05) is 13.8 Å². The van der Waals surface area contributed by atoms with E-state index in [4.69, 9.17) is 15.6 Å². The number of carbonyl (C=O) groups excluding carboxylic acids is 1. The molecule has 5 fully saturated rings. The number of aliphatic carboxylic acids is 1. The Bertz CT molecular complexity index is 832. The molecular weight excluding hydrogens is 446 g/mol. The number of hydrogen-bond donors (Lipinski definition) is 3. The van der Waals surface area contributed by atoms with E-state index in [0.29, 0.717) is 43.8 Å². The van der Waals surface area contributed by atoms with Gasteiger partial charge in [0, 0.05) is 38.3 Å². The van der Waals surface area contributed by atoms with Crippen LogP contribution in [-0.2, 0) is 9.53 Å². The number of aliphatic hydroxyl groups excluding tert-OH is 1. The van der Waals surface area contributed by atoms with E-state index in [2.05, 4.69) is 18.7 Å². The average Bonchev–Trinajstić information content (AvgIpc) is 3.11. The van der Waals surface area contributed by atoms with E-state index in [1.165, 1.54) is 0 Å². The lowest BCUT2D eigenvalue weighted by Crippen LogP contribution is -2.66. The van der Waals surface area contributed by atoms with Gasteiger partial charge in [-0.05, 0) is 86.4 Å². The quantitative estimate of drug-likeness (QED) is 0.554. The van der Waals surface area contributed by atoms with Crippen LogP contribution in [0.15, 0.2) is 0 Å². The molecule has 35 heavy (non-hydrogen) atoms. The van der Waals surface area contributed by atoms with Crippen molar-refractivity contribution in [1.82, 2.24) is 9.80 Å². The molecule has 198 valence electrons. The van der Waals surface area contributed by atoms with Crippen LogP contribution in [-0.4, -0.2) is 83.0 Å². The molecule has 4 N–H and O–H groups in total. The normalized spacial score (nSPS) is 45.8. The second-order valence-electron chi connectivity index (χ2n) is 12.8. The maximum Gasteiger partial charge on any atom is 0.410 e. The highest BCUT2D eigenvalue weighted by Gasteiger charge is 2.67. The largest absolute Gasteiger partial charge is 0.481 e. The van der Waals surface area contributed by atoms with Crippen molar-refractivity contribution in [3.05, 3.63) is 0 Å². The Hall–Kier alpha value is -1.38. The number of carboxylic acids is 1. The molecule has 0 spiro atoms. The lowest BCUT2D eigenvalue weighted by Gasteiger charge is -2.64. The van der Waals surface area contributed by atoms with Crippen molar-refractivity contribution < 1.29 is 24.5 Å². The summed E-state index contributed by atoms with van der Waals surface area (Å²) in [6, 6.07) is 0. The Labute approximate surface area is 209 Å². The van der Waals surface area contributed by atoms with Crippen molar-refractivity contribution in [1.29, 1.82) is 0 Å². The van der Waals surface area contributed by atoms with Crippen molar-refractivity contribution in [2.24, 2.45) is 40.2 Å². The van der Waals surface area contributed by atoms with Crippen molar-refractivity contribution in [3.8, 4) is 0 Å². The Morgan fingerprint density at radius 2 is 1.71 bits per heavy atom. The van der Waals surface area contributed by atoms with Gasteiger partial charge in [0.15, 0.2) is 0 Å². The number of amides is 1. The highest BCUT2D eigenvalue weighted by Crippen LogP contribution is 2.68. The van der Waals surface area contributed by atoms with Crippen molar-refractivity contribution >= 4 is 12.1 Å². The Morgan fingerprint density at radius 3 is 2.40 bits per heavy atom. The van der Waals surface area contributed by atoms with E-state index in [1.807, 2.05) is 4.90 Å². The topological polar surface area (TPSA) is 116 Å². The summed E-state index contributed by atoms with van der Waals surface area (Å²) in [4.78, 5) is 28.9. The minimum absolute atomic E-state index is 0.0174. The first-order chi connectivity index (χ1) is 16.6. The van der Waals surface area contributed by atoms with Gasteiger partial charge in [0.05, 0.1) is 12.5 Å². The molecule has 8 heteroatoms. The van der Waals surface area contributed by atoms with Gasteiger partial charge in [0.2, 0.25) is 0 Å². The molecule has 8 atom stereocenters. The third-order valence-electron chi connectivity index (χ3n) is 11.6. The molecule has 4 aliphatic carbocycles. The van der Waals surface area contributed by atoms with E-state index in [1.54, 1.807) is 0 Å². The molecule has 5 rings (SSSR count). The number of piperazine rings is 1. The van der Waals surface area contributed by atoms with Crippen LogP contribution in [0.1, 0.15) is 71.6 Å². The molecule has 0 aromatic rings. The summed E-state index contributed by atoms with van der Waals surface area (Å²) >= 11 is 0. The third kappa shape index (κ3) is 3.98. The lowest BCUT2D eigenvalue weighted by atomic mass is 9.42. The molecule has 1 saturated heterocycles. The van der Waals surface area contributed by atoms with Gasteiger partial charge in [-0.2, -0.15) is 0 Å². The van der Waals surface area contributed by atoms with Gasteiger partial charge in [-0.3, -0.25) is 9.69 Å². The molecule has 1 amide bonds. The average molecular weight is 492 g/mol. The van der Waals surface area contributed by atoms with Crippen LogP contribution in [0.2, 0.25) is 0 Å². The highest BCUT2D eigenvalue weighted by atomic mass is 16.6. The second-order valence-corrected chi connectivity index (χ2v) is 12.8. The highest BCUT2D eigenvalue weighted by molar-refractivity contribution is 5.72. The zero-order valence-corrected chi connectivity index (χ0v) is 21.6. The van der Waals surface area contributed by atoms with Crippen molar-refractivity contribution in [2.45, 2.75) is 83.3 Å². The van der Waals surface area contributed by atoms with Gasteiger partial charge >= 0.3 is 12.1 Å². The van der Waals surface area contributed by atoms with Gasteiger partial charge in [0.1, 0.15) is 6.10 Å². The van der Waals surface area contributed by atoms with Crippen LogP contribution in [0.4, 0.5) is 4.79 Å². The number of nitrogens with zero attached hydrogens (tertiary/aromatic N) is 2. The standard InChI is InChI=1S/C27H45N3O5/c1-25-8-5-19(35-24(34)30-13-11-29(12-14-30)15-16-31)17-18(25)3-4-21-20(25)6-9-26(2)22(23(32)33)7-10-27(21,26)28/h18-22,31H,3-17,28H2,1-2H3,(H,32,33)/t18-,19+,20+,21-,22-,25+,26-,27+/m1/s1. The molecule has 0 unspecified atom stereocenters. The van der Waals surface area contributed by atoms with Gasteiger partial charge < -0.3 is 25.6 Å². The van der Waals surface area contributed by atoms with E-state index >= 15 is 0 Å². The van der Waals surface area contributed by atoms with Crippen LogP contribution in [0.3, 0.4) is 0 Å². The maximum absolute atomic E-state index is 12.9. The van der Waals surface area contributed by atoms with Crippen LogP contribution in [0.5, 0.6) is 0 Å². The first-order valence-corrected chi connectivity index (χ1v) is 13.9. The summed E-state index contributed by atoms with van der Waals surface area (Å²) in [6.07, 6.45) is 8.36. The fourth-order valence-electron chi connectivity index (χ4n) is 9.30. The summed E-state index contributed by atoms with van der Waals surface area (Å²) in [5.41, 5.74) is 6.71. The Morgan fingerprint density at radius 1 is 0.971 bits per heavy atom. The third-order valence-corrected chi connectivity index (χ3v) is 11.6. The van der Waals surface area contributed by atoms with E-state index in [9.17, 15) is 14.7 Å². The molecule has 0 radical (unpaired) electrons. The summed E-state index contributed by atoms with van der Waals surface area (Å²) in [5, 5.41) is 19.0. The monoisotopic (exact) mass is 491 g/mol. The van der Waals surface area contributed by atoms with Crippen LogP contribution < -0.4 is 5.73 Å². The summed E-state index contributed by atoms with van der Waals surface area (Å²) in [7, 11) is 0. The zero-order valence-electron chi connectivity index (χ0n) is 21.6. The Balaban J connectivity index is 1.22. The number of rotatable bonds is 4. The predicted molar refractivity (Wildman–Crippen MR) is 132 cm³/mol. The van der Waals surface area contributed by atoms with E-state index < -0.39 is 5.97 Å². The number of hydrogen-bond acceptors (Lipinski definition) is 6. The Kier molecular flexibility index (Phi) is 6.63. The molecular formula is C27H45N3O5. The fourth-order valence-corrected chi connectivity index (χ4v) is 9.30. The van der Waals surface area contributed by atoms with Crippen molar-refractivity contribution in [3.63, 3.8) is 0 Å². The number of carboxylic acid groups (broad SMARTS) is 1. The second kappa shape index (κ2) is 9.18. The molecule has 0 aromatic heterocycles. The van der Waals surface area contributed by atoms with Gasteiger partial charge in [-0.25, -0.2) is 4.79 Å². The molecule has 1 heterocycles. The molecule has 5 aliphatic rings. The number of ether oxygens (including phenoxy) is 1. The molecule has 0 aromatic carbocycles. The number of fused-ring (bicyclic) bond motifs is 5. The SMILES string of the molecule is C[C@]12CC[C@H](OC(=O)N3CCN(CCO)CC3)C[C@H]1CC[C@@H]1[C@@H]2CC[C@]2(C)[C@@H](C(=O)O)CC[C@]12N. The van der Waals surface area contributed by atoms with E-state index in [0.717, 1.165) is 64.5 Å². The minimum Gasteiger partial charge on any atom is -0.481 e. The lowest BCUT2D eigenvalue weighted by molar-refractivity contribution is -0.157. The van der Waals surface area contributed by atoms with E-state index in [-0.39, 0.29) is 41.1 Å². The van der Waals surface area contributed by atoms with Gasteiger partial charge in [-0.15, -0.1) is 0 Å². The maximum atomic E-state index is 12.9. The van der Waals surface area contributed by atoms with Crippen LogP contribution >= 0.6 is 0 Å². The number of carbonyl (C=O) groups is 2. The minimum atomic E-state index is -0.671. The summed E-state index contributed by atoms with van der Waals surface area (Å²) in [5.74, 6) is 0.459. The first kappa shape index (κ1) is 25.3. The van der Waals surface area contributed by atoms with Gasteiger partial charge in [0.25, 0.3) is 0 Å². The van der Waals surface area contributed by atoms with Crippen LogP contribution in [0, 0.1) is 34.5 Å². The number of aliphatic hydroxyl groups is 1. The number of β-amino-alcohol motifs (C(OH)–C–C–N with tert-alkyl or cyclic N) is 1. The molecule has 0 bridgehead atoms. The summed E-state index contributed by atoms with van der Waals surface area (Å²) in [6.45, 7) is 8.30. The van der Waals surface area contributed by atoms with Crippen LogP contribution in [0.25, 0.3) is 0 Å². The summed E-state index contributed by atoms with van der Waals surface area (Å²) < 4.78 is 6.03. The first-order valence-electron chi connectivity index (χ1n) is 13.9. The molecule has 4 saturated carbocycles.